The molecule has 0 spiro atoms. The highest BCUT2D eigenvalue weighted by Crippen LogP contribution is 2.43. The summed E-state index contributed by atoms with van der Waals surface area (Å²) in [7, 11) is 1.63. The van der Waals surface area contributed by atoms with E-state index in [1.165, 1.54) is 0 Å². The Hall–Kier alpha value is -3.61. The number of methoxy groups -OCH3 is 1. The summed E-state index contributed by atoms with van der Waals surface area (Å²) in [6, 6.07) is 15.2. The molecule has 0 saturated heterocycles. The van der Waals surface area contributed by atoms with Gasteiger partial charge < -0.3 is 14.5 Å². The smallest absolute Gasteiger partial charge is 0.302 e. The quantitative estimate of drug-likeness (QED) is 0.656. The lowest BCUT2D eigenvalue weighted by Crippen LogP contribution is -2.45. The summed E-state index contributed by atoms with van der Waals surface area (Å²) in [6.45, 7) is 4.13. The first-order chi connectivity index (χ1) is 14.9. The average Bonchev–Trinajstić information content (AvgIpc) is 3.14. The van der Waals surface area contributed by atoms with Gasteiger partial charge in [-0.15, -0.1) is 0 Å². The first kappa shape index (κ1) is 19.4. The van der Waals surface area contributed by atoms with Crippen LogP contribution in [-0.4, -0.2) is 23.8 Å². The van der Waals surface area contributed by atoms with Crippen LogP contribution in [0.4, 0.5) is 6.01 Å². The van der Waals surface area contributed by atoms with E-state index in [0.717, 1.165) is 22.5 Å². The van der Waals surface area contributed by atoms with Crippen molar-refractivity contribution >= 4 is 28.9 Å². The number of benzene rings is 2. The van der Waals surface area contributed by atoms with E-state index in [-0.39, 0.29) is 23.2 Å². The van der Waals surface area contributed by atoms with Gasteiger partial charge >= 0.3 is 6.01 Å². The Morgan fingerprint density at radius 2 is 2.03 bits per heavy atom. The van der Waals surface area contributed by atoms with Gasteiger partial charge in [0.1, 0.15) is 17.0 Å². The number of carbonyl (C=O) groups excluding carboxylic acids is 1. The number of aliphatic imine (C=N–C) groups is 1. The van der Waals surface area contributed by atoms with Crippen molar-refractivity contribution in [3.63, 3.8) is 0 Å². The number of ketones is 1. The largest absolute Gasteiger partial charge is 0.497 e. The fourth-order valence-corrected chi connectivity index (χ4v) is 4.32. The Morgan fingerprint density at radius 3 is 2.84 bits per heavy atom. The van der Waals surface area contributed by atoms with Crippen LogP contribution in [0.2, 0.25) is 0 Å². The number of rotatable bonds is 3. The molecule has 7 nitrogen and oxygen atoms in total. The number of para-hydroxylation sites is 2. The van der Waals surface area contributed by atoms with Crippen molar-refractivity contribution in [3.8, 4) is 5.75 Å². The maximum atomic E-state index is 13.1. The van der Waals surface area contributed by atoms with E-state index in [4.69, 9.17) is 14.1 Å². The van der Waals surface area contributed by atoms with Crippen LogP contribution in [0.15, 0.2) is 69.7 Å². The Balaban J connectivity index is 1.56. The standard InChI is InChI=1S/C24H24N4O3/c1-24(2)12-17-20(18(29)13-24)21(14-7-6-8-15(11-14)30-3)27-22(25-17)28-23-26-16-9-4-5-10-19(16)31-23/h4-12,20-21H,13H2,1-3H3,(H2,25,26,27,28)/t20-,21-/m0/s1. The fraction of sp³-hybridized carbons (Fsp3) is 0.292. The number of Topliss-reactive ketones (excluding diaryl/α,β-unsaturated/α-hetero) is 1. The summed E-state index contributed by atoms with van der Waals surface area (Å²) in [6.07, 6.45) is 2.61. The van der Waals surface area contributed by atoms with Crippen molar-refractivity contribution in [1.29, 1.82) is 0 Å². The number of nitrogens with one attached hydrogen (secondary N) is 2. The molecule has 0 saturated carbocycles. The zero-order chi connectivity index (χ0) is 21.6. The van der Waals surface area contributed by atoms with Crippen LogP contribution in [-0.2, 0) is 4.79 Å². The second kappa shape index (κ2) is 7.27. The van der Waals surface area contributed by atoms with Crippen LogP contribution < -0.4 is 15.4 Å². The van der Waals surface area contributed by atoms with Crippen molar-refractivity contribution in [2.24, 2.45) is 16.3 Å². The molecule has 31 heavy (non-hydrogen) atoms. The Labute approximate surface area is 180 Å². The highest BCUT2D eigenvalue weighted by Gasteiger charge is 2.42. The van der Waals surface area contributed by atoms with Crippen LogP contribution in [0.5, 0.6) is 5.75 Å². The first-order valence-corrected chi connectivity index (χ1v) is 10.3. The molecule has 7 heteroatoms. The summed E-state index contributed by atoms with van der Waals surface area (Å²) in [5.74, 6) is 1.03. The summed E-state index contributed by atoms with van der Waals surface area (Å²) in [5.41, 5.74) is 2.99. The number of aromatic nitrogens is 1. The molecule has 3 aromatic rings. The summed E-state index contributed by atoms with van der Waals surface area (Å²) >= 11 is 0. The van der Waals surface area contributed by atoms with Gasteiger partial charge in [-0.05, 0) is 35.2 Å². The molecule has 5 rings (SSSR count). The lowest BCUT2D eigenvalue weighted by atomic mass is 9.72. The van der Waals surface area contributed by atoms with Crippen LogP contribution in [0, 0.1) is 11.3 Å². The van der Waals surface area contributed by atoms with E-state index >= 15 is 0 Å². The molecule has 2 aliphatic rings. The second-order valence-electron chi connectivity index (χ2n) is 8.64. The summed E-state index contributed by atoms with van der Waals surface area (Å²) in [5, 5.41) is 6.46. The van der Waals surface area contributed by atoms with Gasteiger partial charge in [0.2, 0.25) is 5.96 Å². The van der Waals surface area contributed by atoms with E-state index in [9.17, 15) is 4.79 Å². The van der Waals surface area contributed by atoms with Gasteiger partial charge in [0.15, 0.2) is 5.58 Å². The third-order valence-corrected chi connectivity index (χ3v) is 5.66. The van der Waals surface area contributed by atoms with E-state index in [1.54, 1.807) is 7.11 Å². The molecular weight excluding hydrogens is 392 g/mol. The number of fused-ring (bicyclic) bond motifs is 2. The van der Waals surface area contributed by atoms with Gasteiger partial charge in [0, 0.05) is 12.1 Å². The second-order valence-corrected chi connectivity index (χ2v) is 8.64. The minimum absolute atomic E-state index is 0.174. The SMILES string of the molecule is COc1cccc([C@@H]2N=C(Nc3nc4ccccc4o3)NC3=CC(C)(C)CC(=O)[C@H]32)c1. The lowest BCUT2D eigenvalue weighted by molar-refractivity contribution is -0.124. The highest BCUT2D eigenvalue weighted by atomic mass is 16.5. The zero-order valence-corrected chi connectivity index (χ0v) is 17.7. The van der Waals surface area contributed by atoms with Gasteiger partial charge in [-0.1, -0.05) is 44.2 Å². The predicted molar refractivity (Wildman–Crippen MR) is 119 cm³/mol. The van der Waals surface area contributed by atoms with E-state index < -0.39 is 0 Å². The zero-order valence-electron chi connectivity index (χ0n) is 17.7. The molecule has 2 aromatic carbocycles. The number of carbonyl (C=O) groups is 1. The number of guanidine groups is 1. The molecular formula is C24H24N4O3. The highest BCUT2D eigenvalue weighted by molar-refractivity contribution is 5.98. The van der Waals surface area contributed by atoms with Crippen LogP contribution in [0.1, 0.15) is 31.9 Å². The van der Waals surface area contributed by atoms with E-state index in [1.807, 2.05) is 48.5 Å². The molecule has 0 fully saturated rings. The molecule has 2 N–H and O–H groups in total. The van der Waals surface area contributed by atoms with Crippen molar-refractivity contribution in [2.75, 3.05) is 12.4 Å². The number of hydrogen-bond acceptors (Lipinski definition) is 7. The monoisotopic (exact) mass is 416 g/mol. The molecule has 158 valence electrons. The maximum Gasteiger partial charge on any atom is 0.302 e. The number of anilines is 1. The van der Waals surface area contributed by atoms with Crippen LogP contribution >= 0.6 is 0 Å². The molecule has 0 bridgehead atoms. The number of hydrogen-bond donors (Lipinski definition) is 2. The van der Waals surface area contributed by atoms with Crippen molar-refractivity contribution in [1.82, 2.24) is 10.3 Å². The minimum atomic E-state index is -0.377. The molecule has 1 aliphatic carbocycles. The maximum absolute atomic E-state index is 13.1. The van der Waals surface area contributed by atoms with Crippen molar-refractivity contribution in [3.05, 3.63) is 65.9 Å². The Bertz CT molecular complexity index is 1190. The van der Waals surface area contributed by atoms with Gasteiger partial charge in [-0.3, -0.25) is 10.1 Å². The van der Waals surface area contributed by atoms with Crippen LogP contribution in [0.25, 0.3) is 11.1 Å². The third-order valence-electron chi connectivity index (χ3n) is 5.66. The molecule has 0 radical (unpaired) electrons. The first-order valence-electron chi connectivity index (χ1n) is 10.3. The third kappa shape index (κ3) is 3.67. The molecule has 2 atom stereocenters. The van der Waals surface area contributed by atoms with Crippen molar-refractivity contribution in [2.45, 2.75) is 26.3 Å². The Morgan fingerprint density at radius 1 is 1.19 bits per heavy atom. The molecule has 0 amide bonds. The number of allylic oxidation sites excluding steroid dienone is 1. The molecule has 1 aliphatic heterocycles. The summed E-state index contributed by atoms with van der Waals surface area (Å²) < 4.78 is 11.2. The summed E-state index contributed by atoms with van der Waals surface area (Å²) in [4.78, 5) is 22.5. The number of nitrogens with zero attached hydrogens (tertiary/aromatic N) is 2. The van der Waals surface area contributed by atoms with Crippen molar-refractivity contribution < 1.29 is 13.9 Å². The van der Waals surface area contributed by atoms with E-state index in [2.05, 4.69) is 35.5 Å². The minimum Gasteiger partial charge on any atom is -0.497 e. The van der Waals surface area contributed by atoms with E-state index in [0.29, 0.717) is 24.0 Å². The average molecular weight is 416 g/mol. The number of oxazole rings is 1. The fourth-order valence-electron chi connectivity index (χ4n) is 4.32. The predicted octanol–water partition coefficient (Wildman–Crippen LogP) is 4.45. The lowest BCUT2D eigenvalue weighted by Gasteiger charge is -2.38. The van der Waals surface area contributed by atoms with Gasteiger partial charge in [-0.25, -0.2) is 4.99 Å². The Kier molecular flexibility index (Phi) is 4.54. The van der Waals surface area contributed by atoms with Gasteiger partial charge in [-0.2, -0.15) is 4.98 Å². The molecule has 2 heterocycles. The molecule has 0 unspecified atom stereocenters. The van der Waals surface area contributed by atoms with Gasteiger partial charge in [0.25, 0.3) is 0 Å². The molecule has 1 aromatic heterocycles. The number of ether oxygens (including phenoxy) is 1. The van der Waals surface area contributed by atoms with Crippen LogP contribution in [0.3, 0.4) is 0 Å². The van der Waals surface area contributed by atoms with Gasteiger partial charge in [0.05, 0.1) is 19.1 Å². The topological polar surface area (TPSA) is 88.8 Å². The normalized spacial score (nSPS) is 22.2.